The van der Waals surface area contributed by atoms with E-state index in [-0.39, 0.29) is 5.82 Å². The Labute approximate surface area is 76.0 Å². The molecule has 1 rings (SSSR count). The average Bonchev–Trinajstić information content (AvgIpc) is 2.05. The fourth-order valence-corrected chi connectivity index (χ4v) is 1.14. The quantitative estimate of drug-likeness (QED) is 0.674. The molecule has 0 bridgehead atoms. The number of alkyl halides is 1. The maximum Gasteiger partial charge on any atom is 0.165 e. The Morgan fingerprint density at radius 2 is 2.42 bits per heavy atom. The zero-order chi connectivity index (χ0) is 8.97. The van der Waals surface area contributed by atoms with Crippen LogP contribution < -0.4 is 4.90 Å². The lowest BCUT2D eigenvalue weighted by atomic mass is 10.4. The number of pyridine rings is 1. The molecular weight excluding hydrogens is 179 g/mol. The van der Waals surface area contributed by atoms with E-state index in [2.05, 4.69) is 4.98 Å². The number of aromatic nitrogens is 1. The molecule has 0 N–H and O–H groups in total. The van der Waals surface area contributed by atoms with Crippen LogP contribution in [0.2, 0.25) is 0 Å². The summed E-state index contributed by atoms with van der Waals surface area (Å²) in [5.41, 5.74) is 0. The highest BCUT2D eigenvalue weighted by Gasteiger charge is 2.06. The standard InChI is InChI=1S/C8H10ClFN2/c1-12(6-4-9)8-7(10)3-2-5-11-8/h2-3,5H,4,6H2,1H3. The predicted molar refractivity (Wildman–Crippen MR) is 48.2 cm³/mol. The molecule has 1 aromatic rings. The number of halogens is 2. The Hall–Kier alpha value is -0.830. The summed E-state index contributed by atoms with van der Waals surface area (Å²) in [4.78, 5) is 5.57. The van der Waals surface area contributed by atoms with E-state index in [9.17, 15) is 4.39 Å². The Bertz CT molecular complexity index is 255. The molecule has 2 nitrogen and oxygen atoms in total. The number of rotatable bonds is 3. The summed E-state index contributed by atoms with van der Waals surface area (Å²) in [7, 11) is 1.76. The molecule has 0 aromatic carbocycles. The zero-order valence-electron chi connectivity index (χ0n) is 6.80. The molecule has 0 fully saturated rings. The van der Waals surface area contributed by atoms with Gasteiger partial charge in [-0.3, -0.25) is 0 Å². The van der Waals surface area contributed by atoms with E-state index >= 15 is 0 Å². The molecule has 12 heavy (non-hydrogen) atoms. The van der Waals surface area contributed by atoms with E-state index < -0.39 is 0 Å². The van der Waals surface area contributed by atoms with Crippen LogP contribution in [0.1, 0.15) is 0 Å². The van der Waals surface area contributed by atoms with Crippen LogP contribution in [0.4, 0.5) is 10.2 Å². The monoisotopic (exact) mass is 188 g/mol. The minimum atomic E-state index is -0.315. The van der Waals surface area contributed by atoms with Gasteiger partial charge in [0.05, 0.1) is 0 Å². The van der Waals surface area contributed by atoms with Gasteiger partial charge >= 0.3 is 0 Å². The summed E-state index contributed by atoms with van der Waals surface area (Å²) >= 11 is 5.51. The summed E-state index contributed by atoms with van der Waals surface area (Å²) < 4.78 is 13.0. The fourth-order valence-electron chi connectivity index (χ4n) is 0.891. The average molecular weight is 189 g/mol. The van der Waals surface area contributed by atoms with Gasteiger partial charge in [0, 0.05) is 25.7 Å². The second kappa shape index (κ2) is 4.26. The van der Waals surface area contributed by atoms with Gasteiger partial charge in [-0.2, -0.15) is 0 Å². The minimum Gasteiger partial charge on any atom is -0.356 e. The Morgan fingerprint density at radius 3 is 3.00 bits per heavy atom. The molecule has 0 amide bonds. The van der Waals surface area contributed by atoms with E-state index in [1.165, 1.54) is 6.07 Å². The van der Waals surface area contributed by atoms with Crippen LogP contribution in [0.5, 0.6) is 0 Å². The second-order valence-corrected chi connectivity index (χ2v) is 2.80. The molecule has 0 unspecified atom stereocenters. The third kappa shape index (κ3) is 2.08. The van der Waals surface area contributed by atoms with Crippen LogP contribution in [-0.2, 0) is 0 Å². The molecule has 0 saturated carbocycles. The van der Waals surface area contributed by atoms with Crippen LogP contribution in [0.25, 0.3) is 0 Å². The van der Waals surface area contributed by atoms with Crippen molar-refractivity contribution in [2.75, 3.05) is 24.4 Å². The van der Waals surface area contributed by atoms with Gasteiger partial charge in [0.2, 0.25) is 0 Å². The first-order valence-electron chi connectivity index (χ1n) is 3.63. The van der Waals surface area contributed by atoms with Gasteiger partial charge < -0.3 is 4.90 Å². The number of hydrogen-bond donors (Lipinski definition) is 0. The maximum atomic E-state index is 13.0. The van der Waals surface area contributed by atoms with Crippen molar-refractivity contribution in [2.45, 2.75) is 0 Å². The molecular formula is C8H10ClFN2. The number of hydrogen-bond acceptors (Lipinski definition) is 2. The minimum absolute atomic E-state index is 0.315. The molecule has 0 aliphatic rings. The SMILES string of the molecule is CN(CCCl)c1ncccc1F. The van der Waals surface area contributed by atoms with Gasteiger partial charge in [0.25, 0.3) is 0 Å². The Balaban J connectivity index is 2.79. The topological polar surface area (TPSA) is 16.1 Å². The van der Waals surface area contributed by atoms with E-state index in [1.54, 1.807) is 24.2 Å². The third-order valence-corrected chi connectivity index (χ3v) is 1.69. The van der Waals surface area contributed by atoms with Crippen molar-refractivity contribution in [1.82, 2.24) is 4.98 Å². The van der Waals surface area contributed by atoms with Crippen LogP contribution in [0, 0.1) is 5.82 Å². The highest BCUT2D eigenvalue weighted by atomic mass is 35.5. The predicted octanol–water partition coefficient (Wildman–Crippen LogP) is 1.90. The van der Waals surface area contributed by atoms with Crippen molar-refractivity contribution in [2.24, 2.45) is 0 Å². The maximum absolute atomic E-state index is 13.0. The molecule has 66 valence electrons. The molecule has 4 heteroatoms. The smallest absolute Gasteiger partial charge is 0.165 e. The van der Waals surface area contributed by atoms with Gasteiger partial charge in [0.1, 0.15) is 0 Å². The molecule has 0 saturated heterocycles. The molecule has 0 spiro atoms. The highest BCUT2D eigenvalue weighted by Crippen LogP contribution is 2.12. The molecule has 1 aromatic heterocycles. The number of nitrogens with zero attached hydrogens (tertiary/aromatic N) is 2. The lowest BCUT2D eigenvalue weighted by Gasteiger charge is -2.16. The van der Waals surface area contributed by atoms with E-state index in [1.807, 2.05) is 0 Å². The molecule has 0 aliphatic carbocycles. The third-order valence-electron chi connectivity index (χ3n) is 1.52. The summed E-state index contributed by atoms with van der Waals surface area (Å²) in [6, 6.07) is 2.94. The first kappa shape index (κ1) is 9.26. The van der Waals surface area contributed by atoms with Gasteiger partial charge in [-0.25, -0.2) is 9.37 Å². The Kier molecular flexibility index (Phi) is 3.29. The summed E-state index contributed by atoms with van der Waals surface area (Å²) in [5, 5.41) is 0. The fraction of sp³-hybridized carbons (Fsp3) is 0.375. The summed E-state index contributed by atoms with van der Waals surface area (Å²) in [5.74, 6) is 0.496. The molecule has 0 atom stereocenters. The van der Waals surface area contributed by atoms with Crippen molar-refractivity contribution < 1.29 is 4.39 Å². The lowest BCUT2D eigenvalue weighted by molar-refractivity contribution is 0.616. The van der Waals surface area contributed by atoms with Crippen molar-refractivity contribution in [3.05, 3.63) is 24.1 Å². The van der Waals surface area contributed by atoms with Crippen molar-refractivity contribution in [1.29, 1.82) is 0 Å². The van der Waals surface area contributed by atoms with Gasteiger partial charge in [0.15, 0.2) is 11.6 Å². The van der Waals surface area contributed by atoms with Gasteiger partial charge in [-0.1, -0.05) is 0 Å². The van der Waals surface area contributed by atoms with Crippen molar-refractivity contribution in [3.8, 4) is 0 Å². The van der Waals surface area contributed by atoms with E-state index in [0.717, 1.165) is 0 Å². The van der Waals surface area contributed by atoms with E-state index in [4.69, 9.17) is 11.6 Å². The molecule has 0 aliphatic heterocycles. The van der Waals surface area contributed by atoms with Crippen LogP contribution in [-0.4, -0.2) is 24.5 Å². The largest absolute Gasteiger partial charge is 0.356 e. The van der Waals surface area contributed by atoms with Gasteiger partial charge in [-0.15, -0.1) is 11.6 Å². The summed E-state index contributed by atoms with van der Waals surface area (Å²) in [6.07, 6.45) is 1.56. The van der Waals surface area contributed by atoms with Crippen molar-refractivity contribution in [3.63, 3.8) is 0 Å². The Morgan fingerprint density at radius 1 is 1.67 bits per heavy atom. The van der Waals surface area contributed by atoms with Crippen LogP contribution >= 0.6 is 11.6 Å². The van der Waals surface area contributed by atoms with Crippen LogP contribution in [0.3, 0.4) is 0 Å². The van der Waals surface area contributed by atoms with Gasteiger partial charge in [-0.05, 0) is 12.1 Å². The van der Waals surface area contributed by atoms with Crippen LogP contribution in [0.15, 0.2) is 18.3 Å². The normalized spacial score (nSPS) is 9.92. The second-order valence-electron chi connectivity index (χ2n) is 2.42. The first-order chi connectivity index (χ1) is 5.75. The van der Waals surface area contributed by atoms with Crippen molar-refractivity contribution >= 4 is 17.4 Å². The molecule has 1 heterocycles. The first-order valence-corrected chi connectivity index (χ1v) is 4.16. The number of anilines is 1. The highest BCUT2D eigenvalue weighted by molar-refractivity contribution is 6.18. The lowest BCUT2D eigenvalue weighted by Crippen LogP contribution is -2.21. The zero-order valence-corrected chi connectivity index (χ0v) is 7.55. The molecule has 0 radical (unpaired) electrons. The van der Waals surface area contributed by atoms with E-state index in [0.29, 0.717) is 18.2 Å². The summed E-state index contributed by atoms with van der Waals surface area (Å²) in [6.45, 7) is 0.593.